The van der Waals surface area contributed by atoms with Crippen LogP contribution in [0.4, 0.5) is 0 Å². The molecule has 0 spiro atoms. The molecule has 3 nitrogen and oxygen atoms in total. The van der Waals surface area contributed by atoms with Gasteiger partial charge in [0.1, 0.15) is 0 Å². The van der Waals surface area contributed by atoms with Crippen molar-refractivity contribution in [2.24, 2.45) is 5.73 Å². The van der Waals surface area contributed by atoms with E-state index in [1.807, 2.05) is 0 Å². The molecule has 0 radical (unpaired) electrons. The molecular weight excluding hydrogens is 126 g/mol. The molecule has 48 valence electrons. The number of carbonyl (C=O) groups is 1. The highest BCUT2D eigenvalue weighted by molar-refractivity contribution is 7.95. The van der Waals surface area contributed by atoms with Crippen molar-refractivity contribution in [3.8, 4) is 0 Å². The van der Waals surface area contributed by atoms with Crippen LogP contribution in [0.3, 0.4) is 0 Å². The van der Waals surface area contributed by atoms with Gasteiger partial charge in [-0.05, 0) is 0 Å². The summed E-state index contributed by atoms with van der Waals surface area (Å²) in [5, 5.41) is 0. The molecule has 0 saturated carbocycles. The van der Waals surface area contributed by atoms with Crippen molar-refractivity contribution in [1.29, 1.82) is 0 Å². The first kappa shape index (κ1) is 7.78. The number of hydrogen-bond donors (Lipinski definition) is 1. The molecule has 2 N–H and O–H groups in total. The number of rotatable bonds is 3. The van der Waals surface area contributed by atoms with E-state index in [0.29, 0.717) is 12.3 Å². The van der Waals surface area contributed by atoms with E-state index in [2.05, 4.69) is 4.18 Å². The van der Waals surface area contributed by atoms with Crippen LogP contribution >= 0.6 is 12.0 Å². The summed E-state index contributed by atoms with van der Waals surface area (Å²) in [6, 6.07) is 0. The zero-order chi connectivity index (χ0) is 6.41. The standard InChI is InChI=1S/C4H9NO2S/c1-4(6)7-8-3-2-5/h2-3,5H2,1H3. The van der Waals surface area contributed by atoms with Crippen molar-refractivity contribution >= 4 is 18.0 Å². The van der Waals surface area contributed by atoms with Crippen molar-refractivity contribution in [3.05, 3.63) is 0 Å². The molecule has 0 unspecified atom stereocenters. The first-order valence-corrected chi connectivity index (χ1v) is 3.18. The van der Waals surface area contributed by atoms with Crippen LogP contribution in [0.2, 0.25) is 0 Å². The molecule has 8 heavy (non-hydrogen) atoms. The Balaban J connectivity index is 2.82. The third kappa shape index (κ3) is 5.78. The van der Waals surface area contributed by atoms with Gasteiger partial charge in [0.2, 0.25) is 0 Å². The maximum Gasteiger partial charge on any atom is 0.314 e. The van der Waals surface area contributed by atoms with Gasteiger partial charge in [-0.2, -0.15) is 0 Å². The van der Waals surface area contributed by atoms with E-state index in [1.165, 1.54) is 6.92 Å². The largest absolute Gasteiger partial charge is 0.392 e. The van der Waals surface area contributed by atoms with Crippen LogP contribution in [0.15, 0.2) is 0 Å². The van der Waals surface area contributed by atoms with Gasteiger partial charge in [0.15, 0.2) is 0 Å². The number of hydrogen-bond acceptors (Lipinski definition) is 4. The van der Waals surface area contributed by atoms with Gasteiger partial charge in [-0.15, -0.1) is 0 Å². The van der Waals surface area contributed by atoms with E-state index in [0.717, 1.165) is 12.0 Å². The highest BCUT2D eigenvalue weighted by Gasteiger charge is 1.90. The van der Waals surface area contributed by atoms with Crippen molar-refractivity contribution in [2.45, 2.75) is 6.92 Å². The minimum absolute atomic E-state index is 0.275. The molecule has 0 heterocycles. The third-order valence-electron chi connectivity index (χ3n) is 0.377. The Morgan fingerprint density at radius 1 is 1.88 bits per heavy atom. The summed E-state index contributed by atoms with van der Waals surface area (Å²) in [4.78, 5) is 10.0. The molecule has 0 atom stereocenters. The van der Waals surface area contributed by atoms with Gasteiger partial charge in [0, 0.05) is 19.2 Å². The lowest BCUT2D eigenvalue weighted by atomic mass is 10.8. The minimum atomic E-state index is -0.275. The summed E-state index contributed by atoms with van der Waals surface area (Å²) in [6.45, 7) is 1.90. The van der Waals surface area contributed by atoms with E-state index in [1.54, 1.807) is 0 Å². The Morgan fingerprint density at radius 3 is 2.88 bits per heavy atom. The lowest BCUT2D eigenvalue weighted by Gasteiger charge is -1.93. The normalized spacial score (nSPS) is 8.75. The SMILES string of the molecule is CC(=O)OSCCN. The van der Waals surface area contributed by atoms with E-state index in [4.69, 9.17) is 5.73 Å². The fourth-order valence-electron chi connectivity index (χ4n) is 0.173. The quantitative estimate of drug-likeness (QED) is 0.442. The number of nitrogens with two attached hydrogens (primary N) is 1. The monoisotopic (exact) mass is 135 g/mol. The summed E-state index contributed by atoms with van der Waals surface area (Å²) < 4.78 is 4.48. The summed E-state index contributed by atoms with van der Waals surface area (Å²) in [6.07, 6.45) is 0. The van der Waals surface area contributed by atoms with Crippen LogP contribution in [0.1, 0.15) is 6.92 Å². The molecule has 0 aromatic heterocycles. The van der Waals surface area contributed by atoms with Gasteiger partial charge in [0.25, 0.3) is 0 Å². The van der Waals surface area contributed by atoms with E-state index >= 15 is 0 Å². The van der Waals surface area contributed by atoms with Crippen LogP contribution in [-0.4, -0.2) is 18.3 Å². The second kappa shape index (κ2) is 4.93. The van der Waals surface area contributed by atoms with Gasteiger partial charge in [-0.25, -0.2) is 0 Å². The highest BCUT2D eigenvalue weighted by atomic mass is 32.2. The minimum Gasteiger partial charge on any atom is -0.392 e. The maximum atomic E-state index is 10.0. The maximum absolute atomic E-state index is 10.0. The van der Waals surface area contributed by atoms with Gasteiger partial charge in [-0.3, -0.25) is 4.79 Å². The Hall–Kier alpha value is -0.220. The average molecular weight is 135 g/mol. The Bertz CT molecular complexity index is 76.4. The zero-order valence-corrected chi connectivity index (χ0v) is 5.53. The van der Waals surface area contributed by atoms with E-state index in [-0.39, 0.29) is 5.97 Å². The second-order valence-electron chi connectivity index (χ2n) is 1.19. The predicted molar refractivity (Wildman–Crippen MR) is 33.3 cm³/mol. The molecule has 4 heteroatoms. The molecule has 0 aliphatic heterocycles. The Morgan fingerprint density at radius 2 is 2.50 bits per heavy atom. The van der Waals surface area contributed by atoms with Crippen LogP contribution in [0.25, 0.3) is 0 Å². The molecule has 0 aliphatic carbocycles. The average Bonchev–Trinajstić information content (AvgIpc) is 1.66. The van der Waals surface area contributed by atoms with Crippen molar-refractivity contribution in [2.75, 3.05) is 12.3 Å². The van der Waals surface area contributed by atoms with Gasteiger partial charge in [0.05, 0.1) is 12.0 Å². The van der Waals surface area contributed by atoms with Crippen LogP contribution in [0, 0.1) is 0 Å². The predicted octanol–water partition coefficient (Wildman–Crippen LogP) is 0.156. The van der Waals surface area contributed by atoms with Crippen molar-refractivity contribution in [1.82, 2.24) is 0 Å². The second-order valence-corrected chi connectivity index (χ2v) is 2.00. The Kier molecular flexibility index (Phi) is 4.79. The molecule has 0 bridgehead atoms. The van der Waals surface area contributed by atoms with Crippen molar-refractivity contribution < 1.29 is 8.98 Å². The molecule has 0 amide bonds. The first-order chi connectivity index (χ1) is 3.77. The molecule has 0 fully saturated rings. The van der Waals surface area contributed by atoms with E-state index < -0.39 is 0 Å². The smallest absolute Gasteiger partial charge is 0.314 e. The lowest BCUT2D eigenvalue weighted by molar-refractivity contribution is -0.130. The fraction of sp³-hybridized carbons (Fsp3) is 0.750. The fourth-order valence-corrected chi connectivity index (χ4v) is 0.518. The summed E-state index contributed by atoms with van der Waals surface area (Å²) in [7, 11) is 0. The molecule has 0 aromatic rings. The molecular formula is C4H9NO2S. The summed E-state index contributed by atoms with van der Waals surface area (Å²) in [5.41, 5.74) is 5.10. The first-order valence-electron chi connectivity index (χ1n) is 2.27. The van der Waals surface area contributed by atoms with Crippen LogP contribution in [-0.2, 0) is 8.98 Å². The highest BCUT2D eigenvalue weighted by Crippen LogP contribution is 1.99. The van der Waals surface area contributed by atoms with Crippen LogP contribution in [0.5, 0.6) is 0 Å². The van der Waals surface area contributed by atoms with Crippen LogP contribution < -0.4 is 5.73 Å². The molecule has 0 aliphatic rings. The molecule has 0 saturated heterocycles. The van der Waals surface area contributed by atoms with Gasteiger partial charge in [-0.1, -0.05) is 0 Å². The molecule has 0 rings (SSSR count). The summed E-state index contributed by atoms with van der Waals surface area (Å²) >= 11 is 1.09. The molecule has 0 aromatic carbocycles. The van der Waals surface area contributed by atoms with E-state index in [9.17, 15) is 4.79 Å². The zero-order valence-electron chi connectivity index (χ0n) is 4.72. The number of carbonyl (C=O) groups excluding carboxylic acids is 1. The van der Waals surface area contributed by atoms with Crippen molar-refractivity contribution in [3.63, 3.8) is 0 Å². The van der Waals surface area contributed by atoms with Gasteiger partial charge >= 0.3 is 5.97 Å². The summed E-state index contributed by atoms with van der Waals surface area (Å²) in [5.74, 6) is 0.392. The Labute approximate surface area is 52.8 Å². The third-order valence-corrected chi connectivity index (χ3v) is 1.13. The topological polar surface area (TPSA) is 52.3 Å². The lowest BCUT2D eigenvalue weighted by Crippen LogP contribution is -2.02. The van der Waals surface area contributed by atoms with Gasteiger partial charge < -0.3 is 9.92 Å².